The van der Waals surface area contributed by atoms with Crippen LogP contribution >= 0.6 is 11.3 Å². The van der Waals surface area contributed by atoms with E-state index in [2.05, 4.69) is 49.7 Å². The van der Waals surface area contributed by atoms with Gasteiger partial charge >= 0.3 is 0 Å². The lowest BCUT2D eigenvalue weighted by molar-refractivity contribution is 0.273. The standard InChI is InChI=1S/C16H21NOS/c1-12-4-6-15(7-5-12)18-11-14(3)17-10-16-13(2)8-9-19-16/h4-9,14,17H,10-11H2,1-3H3. The predicted molar refractivity (Wildman–Crippen MR) is 82.0 cm³/mol. The molecule has 1 aromatic heterocycles. The van der Waals surface area contributed by atoms with Crippen molar-refractivity contribution in [1.82, 2.24) is 5.32 Å². The summed E-state index contributed by atoms with van der Waals surface area (Å²) < 4.78 is 5.76. The second kappa shape index (κ2) is 6.73. The fourth-order valence-electron chi connectivity index (χ4n) is 1.77. The number of aryl methyl sites for hydroxylation is 2. The summed E-state index contributed by atoms with van der Waals surface area (Å²) in [5.74, 6) is 0.937. The highest BCUT2D eigenvalue weighted by Crippen LogP contribution is 2.15. The highest BCUT2D eigenvalue weighted by Gasteiger charge is 2.05. The van der Waals surface area contributed by atoms with Crippen LogP contribution in [0.3, 0.4) is 0 Å². The van der Waals surface area contributed by atoms with E-state index < -0.39 is 0 Å². The van der Waals surface area contributed by atoms with Crippen LogP contribution in [0.1, 0.15) is 22.9 Å². The van der Waals surface area contributed by atoms with Crippen LogP contribution in [0.2, 0.25) is 0 Å². The van der Waals surface area contributed by atoms with Gasteiger partial charge < -0.3 is 10.1 Å². The molecule has 1 heterocycles. The molecule has 0 saturated carbocycles. The van der Waals surface area contributed by atoms with Gasteiger partial charge in [-0.05, 0) is 49.9 Å². The average Bonchev–Trinajstić information content (AvgIpc) is 2.81. The van der Waals surface area contributed by atoms with Crippen molar-refractivity contribution in [2.45, 2.75) is 33.4 Å². The Bertz CT molecular complexity index is 504. The lowest BCUT2D eigenvalue weighted by atomic mass is 10.2. The van der Waals surface area contributed by atoms with Crippen LogP contribution < -0.4 is 10.1 Å². The first-order valence-electron chi connectivity index (χ1n) is 6.61. The van der Waals surface area contributed by atoms with Crippen LogP contribution in [0, 0.1) is 13.8 Å². The van der Waals surface area contributed by atoms with E-state index in [0.29, 0.717) is 12.6 Å². The Kier molecular flexibility index (Phi) is 5.00. The van der Waals surface area contributed by atoms with E-state index in [1.54, 1.807) is 11.3 Å². The fourth-order valence-corrected chi connectivity index (χ4v) is 2.62. The summed E-state index contributed by atoms with van der Waals surface area (Å²) in [5.41, 5.74) is 2.62. The maximum absolute atomic E-state index is 5.76. The monoisotopic (exact) mass is 275 g/mol. The Morgan fingerprint density at radius 2 is 1.89 bits per heavy atom. The molecular formula is C16H21NOS. The SMILES string of the molecule is Cc1ccc(OCC(C)NCc2sccc2C)cc1. The maximum atomic E-state index is 5.76. The summed E-state index contributed by atoms with van der Waals surface area (Å²) in [4.78, 5) is 1.40. The summed E-state index contributed by atoms with van der Waals surface area (Å²) in [5, 5.41) is 5.63. The van der Waals surface area contributed by atoms with Gasteiger partial charge in [0.05, 0.1) is 0 Å². The smallest absolute Gasteiger partial charge is 0.119 e. The Hall–Kier alpha value is -1.32. The van der Waals surface area contributed by atoms with Gasteiger partial charge in [-0.25, -0.2) is 0 Å². The molecule has 0 aliphatic carbocycles. The maximum Gasteiger partial charge on any atom is 0.119 e. The molecule has 0 aliphatic heterocycles. The van der Waals surface area contributed by atoms with Crippen molar-refractivity contribution in [2.24, 2.45) is 0 Å². The quantitative estimate of drug-likeness (QED) is 0.862. The second-order valence-electron chi connectivity index (χ2n) is 4.93. The molecule has 2 rings (SSSR count). The first-order valence-corrected chi connectivity index (χ1v) is 7.49. The van der Waals surface area contributed by atoms with Crippen LogP contribution in [-0.4, -0.2) is 12.6 Å². The zero-order chi connectivity index (χ0) is 13.7. The molecule has 0 saturated heterocycles. The molecule has 2 aromatic rings. The molecule has 0 fully saturated rings. The van der Waals surface area contributed by atoms with E-state index in [9.17, 15) is 0 Å². The molecule has 19 heavy (non-hydrogen) atoms. The Morgan fingerprint density at radius 1 is 1.16 bits per heavy atom. The van der Waals surface area contributed by atoms with Gasteiger partial charge in [-0.3, -0.25) is 0 Å². The number of nitrogens with one attached hydrogen (secondary N) is 1. The van der Waals surface area contributed by atoms with Crippen molar-refractivity contribution in [3.05, 3.63) is 51.7 Å². The molecule has 0 bridgehead atoms. The van der Waals surface area contributed by atoms with Gasteiger partial charge in [-0.1, -0.05) is 17.7 Å². The largest absolute Gasteiger partial charge is 0.492 e. The van der Waals surface area contributed by atoms with Gasteiger partial charge in [0.15, 0.2) is 0 Å². The van der Waals surface area contributed by atoms with Gasteiger partial charge in [-0.2, -0.15) is 0 Å². The number of rotatable bonds is 6. The van der Waals surface area contributed by atoms with Crippen LogP contribution in [0.5, 0.6) is 5.75 Å². The van der Waals surface area contributed by atoms with Gasteiger partial charge in [0.25, 0.3) is 0 Å². The number of hydrogen-bond donors (Lipinski definition) is 1. The third kappa shape index (κ3) is 4.37. The molecular weight excluding hydrogens is 254 g/mol. The number of benzene rings is 1. The first-order chi connectivity index (χ1) is 9.15. The summed E-state index contributed by atoms with van der Waals surface area (Å²) >= 11 is 1.80. The number of thiophene rings is 1. The number of hydrogen-bond acceptors (Lipinski definition) is 3. The summed E-state index contributed by atoms with van der Waals surface area (Å²) in [6.45, 7) is 7.99. The lowest BCUT2D eigenvalue weighted by Gasteiger charge is -2.15. The summed E-state index contributed by atoms with van der Waals surface area (Å²) in [7, 11) is 0. The van der Waals surface area contributed by atoms with E-state index in [1.165, 1.54) is 16.0 Å². The van der Waals surface area contributed by atoms with Gasteiger partial charge in [-0.15, -0.1) is 11.3 Å². The molecule has 0 spiro atoms. The van der Waals surface area contributed by atoms with Crippen molar-refractivity contribution in [3.8, 4) is 5.75 Å². The van der Waals surface area contributed by atoms with Crippen molar-refractivity contribution >= 4 is 11.3 Å². The molecule has 2 nitrogen and oxygen atoms in total. The van der Waals surface area contributed by atoms with Crippen LogP contribution in [0.15, 0.2) is 35.7 Å². The molecule has 1 N–H and O–H groups in total. The fraction of sp³-hybridized carbons (Fsp3) is 0.375. The Morgan fingerprint density at radius 3 is 2.53 bits per heavy atom. The zero-order valence-electron chi connectivity index (χ0n) is 11.8. The normalized spacial score (nSPS) is 12.4. The molecule has 3 heteroatoms. The van der Waals surface area contributed by atoms with Gasteiger partial charge in [0.2, 0.25) is 0 Å². The average molecular weight is 275 g/mol. The third-order valence-corrected chi connectivity index (χ3v) is 4.12. The Balaban J connectivity index is 1.74. The van der Waals surface area contributed by atoms with Crippen LogP contribution in [-0.2, 0) is 6.54 Å². The minimum atomic E-state index is 0.336. The van der Waals surface area contributed by atoms with E-state index in [-0.39, 0.29) is 0 Å². The minimum absolute atomic E-state index is 0.336. The van der Waals surface area contributed by atoms with E-state index in [4.69, 9.17) is 4.74 Å². The minimum Gasteiger partial charge on any atom is -0.492 e. The van der Waals surface area contributed by atoms with Crippen molar-refractivity contribution < 1.29 is 4.74 Å². The molecule has 1 atom stereocenters. The highest BCUT2D eigenvalue weighted by molar-refractivity contribution is 7.10. The van der Waals surface area contributed by atoms with Crippen molar-refractivity contribution in [3.63, 3.8) is 0 Å². The van der Waals surface area contributed by atoms with E-state index in [1.807, 2.05) is 12.1 Å². The lowest BCUT2D eigenvalue weighted by Crippen LogP contribution is -2.31. The number of ether oxygens (including phenoxy) is 1. The summed E-state index contributed by atoms with van der Waals surface area (Å²) in [6, 6.07) is 10.7. The third-order valence-electron chi connectivity index (χ3n) is 3.10. The van der Waals surface area contributed by atoms with Gasteiger partial charge in [0, 0.05) is 17.5 Å². The molecule has 0 amide bonds. The van der Waals surface area contributed by atoms with E-state index >= 15 is 0 Å². The molecule has 1 unspecified atom stereocenters. The Labute approximate surface area is 119 Å². The summed E-state index contributed by atoms with van der Waals surface area (Å²) in [6.07, 6.45) is 0. The van der Waals surface area contributed by atoms with E-state index in [0.717, 1.165) is 12.3 Å². The molecule has 1 aromatic carbocycles. The van der Waals surface area contributed by atoms with Crippen molar-refractivity contribution in [1.29, 1.82) is 0 Å². The zero-order valence-corrected chi connectivity index (χ0v) is 12.6. The molecule has 0 aliphatic rings. The van der Waals surface area contributed by atoms with Crippen LogP contribution in [0.25, 0.3) is 0 Å². The molecule has 0 radical (unpaired) electrons. The first kappa shape index (κ1) is 14.1. The topological polar surface area (TPSA) is 21.3 Å². The second-order valence-corrected chi connectivity index (χ2v) is 5.93. The molecule has 102 valence electrons. The van der Waals surface area contributed by atoms with Crippen LogP contribution in [0.4, 0.5) is 0 Å². The van der Waals surface area contributed by atoms with Gasteiger partial charge in [0.1, 0.15) is 12.4 Å². The van der Waals surface area contributed by atoms with Crippen molar-refractivity contribution in [2.75, 3.05) is 6.61 Å². The highest BCUT2D eigenvalue weighted by atomic mass is 32.1. The predicted octanol–water partition coefficient (Wildman–Crippen LogP) is 3.92.